The Bertz CT molecular complexity index is 440. The van der Waals surface area contributed by atoms with Crippen LogP contribution in [-0.2, 0) is 0 Å². The molecule has 0 aliphatic carbocycles. The molecule has 0 amide bonds. The smallest absolute Gasteiger partial charge is 0.153 e. The van der Waals surface area contributed by atoms with Gasteiger partial charge in [0.05, 0.1) is 24.7 Å². The Morgan fingerprint density at radius 2 is 2.25 bits per heavy atom. The van der Waals surface area contributed by atoms with Crippen molar-refractivity contribution >= 4 is 60.7 Å². The van der Waals surface area contributed by atoms with E-state index in [0.29, 0.717) is 10.0 Å². The van der Waals surface area contributed by atoms with Crippen molar-refractivity contribution in [3.05, 3.63) is 26.1 Å². The van der Waals surface area contributed by atoms with Crippen LogP contribution in [0.15, 0.2) is 10.5 Å². The van der Waals surface area contributed by atoms with Crippen LogP contribution < -0.4 is 0 Å². The molecule has 0 aliphatic rings. The number of halogens is 3. The lowest BCUT2D eigenvalue weighted by molar-refractivity contribution is 1.47. The van der Waals surface area contributed by atoms with Gasteiger partial charge in [0.15, 0.2) is 5.51 Å². The molecule has 1 aromatic heterocycles. The van der Waals surface area contributed by atoms with E-state index in [2.05, 4.69) is 26.4 Å². The zero-order valence-electron chi connectivity index (χ0n) is 5.57. The summed E-state index contributed by atoms with van der Waals surface area (Å²) in [6, 6.07) is 1.79. The van der Waals surface area contributed by atoms with Gasteiger partial charge in [0.1, 0.15) is 0 Å². The third-order valence-corrected chi connectivity index (χ3v) is 3.92. The highest BCUT2D eigenvalue weighted by Crippen LogP contribution is 2.37. The van der Waals surface area contributed by atoms with Gasteiger partial charge in [-0.2, -0.15) is 0 Å². The first-order valence-corrected chi connectivity index (χ1v) is 5.37. The Kier molecular flexibility index (Phi) is 2.29. The maximum atomic E-state index is 5.89. The number of thiazole rings is 1. The van der Waals surface area contributed by atoms with E-state index in [1.807, 2.05) is 0 Å². The molecule has 0 saturated carbocycles. The predicted molar refractivity (Wildman–Crippen MR) is 56.2 cm³/mol. The van der Waals surface area contributed by atoms with Crippen molar-refractivity contribution in [2.24, 2.45) is 0 Å². The van der Waals surface area contributed by atoms with Gasteiger partial charge in [-0.3, -0.25) is 0 Å². The minimum Gasteiger partial charge on any atom is -0.232 e. The lowest BCUT2D eigenvalue weighted by atomic mass is 10.3. The lowest BCUT2D eigenvalue weighted by Gasteiger charge is -1.98. The van der Waals surface area contributed by atoms with Gasteiger partial charge in [0.2, 0.25) is 0 Å². The Morgan fingerprint density at radius 1 is 1.50 bits per heavy atom. The molecule has 2 rings (SSSR count). The number of fused-ring (bicyclic) bond motifs is 1. The highest BCUT2D eigenvalue weighted by molar-refractivity contribution is 9.10. The zero-order chi connectivity index (χ0) is 8.72. The van der Waals surface area contributed by atoms with Crippen molar-refractivity contribution in [1.82, 2.24) is 4.98 Å². The van der Waals surface area contributed by atoms with Crippen LogP contribution in [0.3, 0.4) is 0 Å². The molecular weight excluding hydrogens is 281 g/mol. The standard InChI is InChI=1S/C7HBrCl2NS/c8-5-6(10)3(9)1-4-7(5)11-2-12-4/h1H. The monoisotopic (exact) mass is 280 g/mol. The lowest BCUT2D eigenvalue weighted by Crippen LogP contribution is -1.74. The number of rotatable bonds is 0. The van der Waals surface area contributed by atoms with Crippen LogP contribution in [0.25, 0.3) is 10.2 Å². The summed E-state index contributed by atoms with van der Waals surface area (Å²) >= 11 is 16.5. The van der Waals surface area contributed by atoms with Gasteiger partial charge in [-0.05, 0) is 22.0 Å². The summed E-state index contributed by atoms with van der Waals surface area (Å²) in [6.45, 7) is 0. The Morgan fingerprint density at radius 3 is 3.00 bits per heavy atom. The van der Waals surface area contributed by atoms with Crippen molar-refractivity contribution in [2.45, 2.75) is 0 Å². The topological polar surface area (TPSA) is 12.9 Å². The van der Waals surface area contributed by atoms with Crippen LogP contribution >= 0.6 is 50.5 Å². The molecule has 5 heteroatoms. The van der Waals surface area contributed by atoms with Gasteiger partial charge >= 0.3 is 0 Å². The number of benzene rings is 1. The van der Waals surface area contributed by atoms with E-state index in [1.165, 1.54) is 11.3 Å². The molecule has 2 aromatic rings. The number of hydrogen-bond donors (Lipinski definition) is 0. The van der Waals surface area contributed by atoms with Crippen LogP contribution in [0.1, 0.15) is 0 Å². The van der Waals surface area contributed by atoms with E-state index in [4.69, 9.17) is 23.2 Å². The summed E-state index contributed by atoms with van der Waals surface area (Å²) in [5.74, 6) is 0. The second kappa shape index (κ2) is 3.14. The Labute approximate surface area is 91.4 Å². The van der Waals surface area contributed by atoms with E-state index < -0.39 is 0 Å². The molecule has 1 nitrogen and oxygen atoms in total. The Balaban J connectivity index is 2.94. The number of nitrogens with zero attached hydrogens (tertiary/aromatic N) is 1. The van der Waals surface area contributed by atoms with Crippen molar-refractivity contribution in [3.63, 3.8) is 0 Å². The van der Waals surface area contributed by atoms with Crippen molar-refractivity contribution < 1.29 is 0 Å². The third kappa shape index (κ3) is 1.25. The molecule has 1 radical (unpaired) electrons. The molecule has 0 fully saturated rings. The summed E-state index contributed by atoms with van der Waals surface area (Å²) in [5, 5.41) is 1.04. The maximum Gasteiger partial charge on any atom is 0.153 e. The van der Waals surface area contributed by atoms with E-state index in [9.17, 15) is 0 Å². The SMILES string of the molecule is Clc1cc2s[c]nc2c(Br)c1Cl. The summed E-state index contributed by atoms with van der Waals surface area (Å²) in [7, 11) is 0. The van der Waals surface area contributed by atoms with Crippen LogP contribution in [-0.4, -0.2) is 4.98 Å². The average Bonchev–Trinajstić information content (AvgIpc) is 2.48. The Hall–Kier alpha value is 0.170. The van der Waals surface area contributed by atoms with E-state index in [0.717, 1.165) is 14.7 Å². The van der Waals surface area contributed by atoms with Crippen molar-refractivity contribution in [1.29, 1.82) is 0 Å². The van der Waals surface area contributed by atoms with Crippen molar-refractivity contribution in [2.75, 3.05) is 0 Å². The largest absolute Gasteiger partial charge is 0.232 e. The highest BCUT2D eigenvalue weighted by Gasteiger charge is 2.09. The molecule has 0 bridgehead atoms. The minimum atomic E-state index is 0.503. The molecule has 12 heavy (non-hydrogen) atoms. The van der Waals surface area contributed by atoms with Crippen LogP contribution in [0.5, 0.6) is 0 Å². The summed E-state index contributed by atoms with van der Waals surface area (Å²) < 4.78 is 1.72. The third-order valence-electron chi connectivity index (χ3n) is 1.41. The van der Waals surface area contributed by atoms with Crippen LogP contribution in [0.2, 0.25) is 10.0 Å². The first kappa shape index (κ1) is 8.75. The summed E-state index contributed by atoms with van der Waals surface area (Å²) in [6.07, 6.45) is 0. The molecule has 0 unspecified atom stereocenters. The maximum absolute atomic E-state index is 5.89. The van der Waals surface area contributed by atoms with E-state index in [1.54, 1.807) is 6.07 Å². The van der Waals surface area contributed by atoms with Gasteiger partial charge < -0.3 is 0 Å². The molecule has 0 atom stereocenters. The molecule has 0 spiro atoms. The van der Waals surface area contributed by atoms with Gasteiger partial charge in [-0.15, -0.1) is 11.3 Å². The van der Waals surface area contributed by atoms with Gasteiger partial charge in [-0.1, -0.05) is 23.2 Å². The second-order valence-corrected chi connectivity index (χ2v) is 4.54. The number of aromatic nitrogens is 1. The summed E-state index contributed by atoms with van der Waals surface area (Å²) in [4.78, 5) is 4.02. The van der Waals surface area contributed by atoms with Crippen molar-refractivity contribution in [3.8, 4) is 0 Å². The number of hydrogen-bond acceptors (Lipinski definition) is 2. The molecule has 0 aliphatic heterocycles. The highest BCUT2D eigenvalue weighted by atomic mass is 79.9. The first-order chi connectivity index (χ1) is 5.70. The first-order valence-electron chi connectivity index (χ1n) is 3.00. The molecule has 61 valence electrons. The fourth-order valence-electron chi connectivity index (χ4n) is 0.863. The van der Waals surface area contributed by atoms with Gasteiger partial charge in [0, 0.05) is 0 Å². The normalized spacial score (nSPS) is 10.9. The predicted octanol–water partition coefficient (Wildman–Crippen LogP) is 4.17. The second-order valence-electron chi connectivity index (χ2n) is 2.14. The molecule has 1 aromatic carbocycles. The van der Waals surface area contributed by atoms with E-state index >= 15 is 0 Å². The molecular formula is C7HBrCl2NS. The van der Waals surface area contributed by atoms with Gasteiger partial charge in [0.25, 0.3) is 0 Å². The molecule has 0 saturated heterocycles. The average molecular weight is 282 g/mol. The quantitative estimate of drug-likeness (QED) is 0.661. The van der Waals surface area contributed by atoms with Crippen LogP contribution in [0.4, 0.5) is 0 Å². The minimum absolute atomic E-state index is 0.503. The van der Waals surface area contributed by atoms with Gasteiger partial charge in [-0.25, -0.2) is 4.98 Å². The fraction of sp³-hybridized carbons (Fsp3) is 0. The van der Waals surface area contributed by atoms with Crippen LogP contribution in [0, 0.1) is 5.51 Å². The van der Waals surface area contributed by atoms with E-state index in [-0.39, 0.29) is 0 Å². The summed E-state index contributed by atoms with van der Waals surface area (Å²) in [5.41, 5.74) is 3.59. The molecule has 1 heterocycles. The fourth-order valence-corrected chi connectivity index (χ4v) is 2.69. The molecule has 0 N–H and O–H groups in total. The zero-order valence-corrected chi connectivity index (χ0v) is 9.48.